The summed E-state index contributed by atoms with van der Waals surface area (Å²) in [7, 11) is 0. The molecule has 3 rings (SSSR count). The number of aromatic nitrogens is 2. The molecule has 0 spiro atoms. The Labute approximate surface area is 147 Å². The van der Waals surface area contributed by atoms with Gasteiger partial charge in [0.25, 0.3) is 0 Å². The van der Waals surface area contributed by atoms with Crippen LogP contribution >= 0.6 is 23.2 Å². The van der Waals surface area contributed by atoms with Crippen LogP contribution in [0.4, 0.5) is 10.7 Å². The van der Waals surface area contributed by atoms with Crippen LogP contribution in [0.2, 0.25) is 10.0 Å². The largest absolute Gasteiger partial charge is 0.486 e. The van der Waals surface area contributed by atoms with Gasteiger partial charge in [-0.05, 0) is 31.2 Å². The number of halogens is 2. The highest BCUT2D eigenvalue weighted by molar-refractivity contribution is 6.36. The molecule has 0 fully saturated rings. The molecule has 0 aliphatic carbocycles. The first-order valence-electron chi connectivity index (χ1n) is 7.04. The fraction of sp³-hybridized carbons (Fsp3) is 0.125. The minimum atomic E-state index is -1.19. The van der Waals surface area contributed by atoms with Gasteiger partial charge in [-0.3, -0.25) is 5.32 Å². The molecule has 1 atom stereocenters. The van der Waals surface area contributed by atoms with Crippen molar-refractivity contribution >= 4 is 46.3 Å². The van der Waals surface area contributed by atoms with Gasteiger partial charge in [-0.15, -0.1) is 0 Å². The molecule has 1 aromatic heterocycles. The molecule has 1 amide bonds. The van der Waals surface area contributed by atoms with E-state index in [2.05, 4.69) is 15.3 Å². The number of fused-ring (bicyclic) bond motifs is 1. The van der Waals surface area contributed by atoms with Crippen molar-refractivity contribution in [2.75, 3.05) is 5.32 Å². The van der Waals surface area contributed by atoms with E-state index in [1.165, 1.54) is 0 Å². The van der Waals surface area contributed by atoms with Gasteiger partial charge in [0, 0.05) is 21.7 Å². The predicted octanol–water partition coefficient (Wildman–Crippen LogP) is 5.10. The zero-order valence-corrected chi connectivity index (χ0v) is 14.0. The first-order chi connectivity index (χ1) is 11.4. The second kappa shape index (κ2) is 6.59. The maximum atomic E-state index is 10.7. The van der Waals surface area contributed by atoms with Gasteiger partial charge in [0.15, 0.2) is 0 Å². The van der Waals surface area contributed by atoms with Crippen LogP contribution in [0, 0.1) is 0 Å². The zero-order valence-electron chi connectivity index (χ0n) is 12.5. The number of ether oxygens (including phenoxy) is 1. The standard InChI is InChI=1S/C16H13Cl2N3O3/c1-8(14-10(17)3-2-4-11(14)18)24-9-5-6-12-13(7-9)20-15(19-12)21-16(22)23/h2-8H,1H3,(H,22,23)(H2,19,20,21). The van der Waals surface area contributed by atoms with Crippen molar-refractivity contribution in [3.05, 3.63) is 52.0 Å². The molecule has 1 unspecified atom stereocenters. The molecule has 6 nitrogen and oxygen atoms in total. The fourth-order valence-electron chi connectivity index (χ4n) is 2.38. The van der Waals surface area contributed by atoms with E-state index in [0.29, 0.717) is 32.4 Å². The van der Waals surface area contributed by atoms with Crippen LogP contribution in [0.25, 0.3) is 11.0 Å². The van der Waals surface area contributed by atoms with Crippen molar-refractivity contribution in [2.45, 2.75) is 13.0 Å². The summed E-state index contributed by atoms with van der Waals surface area (Å²) in [5, 5.41) is 12.0. The number of rotatable bonds is 4. The molecule has 0 aliphatic heterocycles. The van der Waals surface area contributed by atoms with E-state index in [-0.39, 0.29) is 12.1 Å². The SMILES string of the molecule is CC(Oc1ccc2nc(NC(=O)O)[nH]c2c1)c1c(Cl)cccc1Cl. The highest BCUT2D eigenvalue weighted by atomic mass is 35.5. The lowest BCUT2D eigenvalue weighted by Crippen LogP contribution is -2.08. The van der Waals surface area contributed by atoms with Crippen LogP contribution < -0.4 is 10.1 Å². The molecule has 124 valence electrons. The smallest absolute Gasteiger partial charge is 0.411 e. The second-order valence-corrected chi connectivity index (χ2v) is 5.90. The van der Waals surface area contributed by atoms with Gasteiger partial charge < -0.3 is 14.8 Å². The van der Waals surface area contributed by atoms with Gasteiger partial charge in [0.05, 0.1) is 11.0 Å². The number of hydrogen-bond acceptors (Lipinski definition) is 3. The van der Waals surface area contributed by atoms with E-state index in [1.807, 2.05) is 6.92 Å². The van der Waals surface area contributed by atoms with E-state index in [9.17, 15) is 4.79 Å². The van der Waals surface area contributed by atoms with Crippen molar-refractivity contribution in [3.8, 4) is 5.75 Å². The minimum Gasteiger partial charge on any atom is -0.486 e. The summed E-state index contributed by atoms with van der Waals surface area (Å²) < 4.78 is 5.91. The number of benzene rings is 2. The van der Waals surface area contributed by atoms with Gasteiger partial charge in [-0.25, -0.2) is 9.78 Å². The second-order valence-electron chi connectivity index (χ2n) is 5.09. The third-order valence-electron chi connectivity index (χ3n) is 3.40. The van der Waals surface area contributed by atoms with Crippen molar-refractivity contribution in [1.29, 1.82) is 0 Å². The van der Waals surface area contributed by atoms with Gasteiger partial charge >= 0.3 is 6.09 Å². The molecule has 3 N–H and O–H groups in total. The summed E-state index contributed by atoms with van der Waals surface area (Å²) in [4.78, 5) is 17.6. The number of imidazole rings is 1. The van der Waals surface area contributed by atoms with E-state index in [0.717, 1.165) is 0 Å². The van der Waals surface area contributed by atoms with Crippen LogP contribution in [-0.2, 0) is 0 Å². The third kappa shape index (κ3) is 3.39. The quantitative estimate of drug-likeness (QED) is 0.600. The van der Waals surface area contributed by atoms with Crippen molar-refractivity contribution in [3.63, 3.8) is 0 Å². The molecule has 0 aliphatic rings. The average molecular weight is 366 g/mol. The highest BCUT2D eigenvalue weighted by Gasteiger charge is 2.16. The summed E-state index contributed by atoms with van der Waals surface area (Å²) in [5.74, 6) is 0.730. The predicted molar refractivity (Wildman–Crippen MR) is 93.2 cm³/mol. The number of carbonyl (C=O) groups is 1. The van der Waals surface area contributed by atoms with Crippen LogP contribution in [0.1, 0.15) is 18.6 Å². The molecule has 0 radical (unpaired) electrons. The number of carboxylic acid groups (broad SMARTS) is 1. The molecular formula is C16H13Cl2N3O3. The van der Waals surface area contributed by atoms with Crippen molar-refractivity contribution in [1.82, 2.24) is 9.97 Å². The first kappa shape index (κ1) is 16.4. The van der Waals surface area contributed by atoms with Gasteiger partial charge in [0.1, 0.15) is 11.9 Å². The number of aromatic amines is 1. The van der Waals surface area contributed by atoms with Crippen LogP contribution in [0.3, 0.4) is 0 Å². The lowest BCUT2D eigenvalue weighted by Gasteiger charge is -2.17. The summed E-state index contributed by atoms with van der Waals surface area (Å²) in [6, 6.07) is 10.5. The Morgan fingerprint density at radius 1 is 1.29 bits per heavy atom. The molecule has 24 heavy (non-hydrogen) atoms. The Hall–Kier alpha value is -2.44. The van der Waals surface area contributed by atoms with Crippen molar-refractivity contribution in [2.24, 2.45) is 0 Å². The number of amides is 1. The molecule has 0 saturated carbocycles. The lowest BCUT2D eigenvalue weighted by atomic mass is 10.1. The first-order valence-corrected chi connectivity index (χ1v) is 7.80. The fourth-order valence-corrected chi connectivity index (χ4v) is 3.09. The molecule has 2 aromatic carbocycles. The maximum absolute atomic E-state index is 10.7. The Balaban J connectivity index is 1.85. The van der Waals surface area contributed by atoms with Crippen LogP contribution in [-0.4, -0.2) is 21.2 Å². The van der Waals surface area contributed by atoms with E-state index >= 15 is 0 Å². The summed E-state index contributed by atoms with van der Waals surface area (Å²) >= 11 is 12.4. The third-order valence-corrected chi connectivity index (χ3v) is 4.06. The highest BCUT2D eigenvalue weighted by Crippen LogP contribution is 2.33. The zero-order chi connectivity index (χ0) is 17.3. The average Bonchev–Trinajstić information content (AvgIpc) is 2.87. The van der Waals surface area contributed by atoms with Gasteiger partial charge in [-0.1, -0.05) is 29.3 Å². The Kier molecular flexibility index (Phi) is 4.51. The molecule has 8 heteroatoms. The molecular weight excluding hydrogens is 353 g/mol. The number of hydrogen-bond donors (Lipinski definition) is 3. The van der Waals surface area contributed by atoms with E-state index in [1.54, 1.807) is 36.4 Å². The molecule has 3 aromatic rings. The van der Waals surface area contributed by atoms with E-state index in [4.69, 9.17) is 33.0 Å². The number of anilines is 1. The Morgan fingerprint density at radius 2 is 2.00 bits per heavy atom. The molecule has 0 bridgehead atoms. The van der Waals surface area contributed by atoms with E-state index < -0.39 is 6.09 Å². The molecule has 1 heterocycles. The maximum Gasteiger partial charge on any atom is 0.411 e. The topological polar surface area (TPSA) is 87.2 Å². The van der Waals surface area contributed by atoms with Gasteiger partial charge in [0.2, 0.25) is 5.95 Å². The minimum absolute atomic E-state index is 0.150. The van der Waals surface area contributed by atoms with Gasteiger partial charge in [-0.2, -0.15) is 0 Å². The number of nitrogens with zero attached hydrogens (tertiary/aromatic N) is 1. The lowest BCUT2D eigenvalue weighted by molar-refractivity contribution is 0.209. The van der Waals surface area contributed by atoms with Crippen molar-refractivity contribution < 1.29 is 14.6 Å². The Morgan fingerprint density at radius 3 is 2.67 bits per heavy atom. The monoisotopic (exact) mass is 365 g/mol. The normalized spacial score (nSPS) is 12.1. The van der Waals surface area contributed by atoms with Crippen LogP contribution in [0.5, 0.6) is 5.75 Å². The number of nitrogens with one attached hydrogen (secondary N) is 2. The summed E-state index contributed by atoms with van der Waals surface area (Å²) in [5.41, 5.74) is 1.97. The summed E-state index contributed by atoms with van der Waals surface area (Å²) in [6.07, 6.45) is -1.55. The molecule has 0 saturated heterocycles. The van der Waals surface area contributed by atoms with Crippen LogP contribution in [0.15, 0.2) is 36.4 Å². The Bertz CT molecular complexity index is 890. The summed E-state index contributed by atoms with van der Waals surface area (Å²) in [6.45, 7) is 1.85. The number of H-pyrrole nitrogens is 1.